The Morgan fingerprint density at radius 1 is 1.58 bits per heavy atom. The molecule has 0 atom stereocenters. The molecule has 1 fully saturated rings. The highest BCUT2D eigenvalue weighted by Crippen LogP contribution is 2.30. The largest absolute Gasteiger partial charge is 0.388 e. The maximum atomic E-state index is 12.3. The van der Waals surface area contributed by atoms with Crippen LogP contribution in [0.4, 0.5) is 5.82 Å². The summed E-state index contributed by atoms with van der Waals surface area (Å²) in [7, 11) is 1.68. The van der Waals surface area contributed by atoms with Crippen molar-refractivity contribution in [1.82, 2.24) is 9.88 Å². The van der Waals surface area contributed by atoms with Crippen molar-refractivity contribution in [1.29, 1.82) is 0 Å². The number of hydrogen-bond acceptors (Lipinski definition) is 4. The topological polar surface area (TPSA) is 79.5 Å². The van der Waals surface area contributed by atoms with Crippen LogP contribution >= 0.6 is 15.9 Å². The van der Waals surface area contributed by atoms with Crippen molar-refractivity contribution in [3.8, 4) is 0 Å². The third-order valence-electron chi connectivity index (χ3n) is 3.53. The number of aromatic nitrogens is 1. The molecule has 1 heterocycles. The summed E-state index contributed by atoms with van der Waals surface area (Å²) in [6.45, 7) is 0.331. The highest BCUT2D eigenvalue weighted by molar-refractivity contribution is 9.10. The van der Waals surface area contributed by atoms with Gasteiger partial charge >= 0.3 is 0 Å². The van der Waals surface area contributed by atoms with Crippen molar-refractivity contribution in [3.63, 3.8) is 0 Å². The normalized spacial score (nSPS) is 17.4. The van der Waals surface area contributed by atoms with Gasteiger partial charge in [-0.15, -0.1) is 0 Å². The van der Waals surface area contributed by atoms with E-state index in [1.165, 1.54) is 4.90 Å². The van der Waals surface area contributed by atoms with E-state index >= 15 is 0 Å². The van der Waals surface area contributed by atoms with Gasteiger partial charge in [0.15, 0.2) is 0 Å². The molecule has 0 spiro atoms. The number of hydrogen-bond donors (Lipinski definition) is 2. The van der Waals surface area contributed by atoms with Crippen LogP contribution in [-0.4, -0.2) is 40.1 Å². The molecule has 0 bridgehead atoms. The molecule has 3 N–H and O–H groups in total. The summed E-state index contributed by atoms with van der Waals surface area (Å²) in [6.07, 6.45) is 5.07. The molecule has 0 saturated heterocycles. The van der Waals surface area contributed by atoms with Gasteiger partial charge in [-0.3, -0.25) is 4.79 Å². The minimum Gasteiger partial charge on any atom is -0.388 e. The zero-order valence-electron chi connectivity index (χ0n) is 10.9. The Balaban J connectivity index is 2.12. The Hall–Kier alpha value is -1.14. The number of carbonyl (C=O) groups excluding carboxylic acids is 1. The molecule has 19 heavy (non-hydrogen) atoms. The maximum absolute atomic E-state index is 12.3. The summed E-state index contributed by atoms with van der Waals surface area (Å²) in [4.78, 5) is 17.8. The summed E-state index contributed by atoms with van der Waals surface area (Å²) >= 11 is 3.27. The first-order valence-electron chi connectivity index (χ1n) is 6.30. The smallest absolute Gasteiger partial charge is 0.257 e. The number of rotatable bonds is 3. The van der Waals surface area contributed by atoms with E-state index in [0.717, 1.165) is 25.7 Å². The Bertz CT molecular complexity index is 487. The van der Waals surface area contributed by atoms with Crippen LogP contribution in [0, 0.1) is 0 Å². The van der Waals surface area contributed by atoms with Gasteiger partial charge in [0.25, 0.3) is 5.91 Å². The number of aliphatic hydroxyl groups is 1. The van der Waals surface area contributed by atoms with E-state index in [4.69, 9.17) is 5.73 Å². The molecule has 0 radical (unpaired) electrons. The number of nitrogen functional groups attached to an aromatic ring is 1. The molecular weight excluding hydrogens is 310 g/mol. The molecular formula is C13H18BrN3O2. The molecule has 0 unspecified atom stereocenters. The third kappa shape index (κ3) is 3.25. The van der Waals surface area contributed by atoms with Crippen molar-refractivity contribution in [2.45, 2.75) is 31.3 Å². The van der Waals surface area contributed by atoms with E-state index in [9.17, 15) is 9.90 Å². The van der Waals surface area contributed by atoms with Gasteiger partial charge in [-0.1, -0.05) is 12.8 Å². The summed E-state index contributed by atoms with van der Waals surface area (Å²) in [5.74, 6) is -0.00918. The lowest BCUT2D eigenvalue weighted by molar-refractivity contribution is 0.0157. The van der Waals surface area contributed by atoms with Crippen LogP contribution in [0.1, 0.15) is 36.0 Å². The van der Waals surface area contributed by atoms with Crippen molar-refractivity contribution >= 4 is 27.7 Å². The molecule has 1 aliphatic rings. The van der Waals surface area contributed by atoms with Crippen LogP contribution in [0.15, 0.2) is 16.7 Å². The second kappa shape index (κ2) is 5.46. The molecule has 2 rings (SSSR count). The maximum Gasteiger partial charge on any atom is 0.257 e. The average molecular weight is 328 g/mol. The molecule has 6 heteroatoms. The lowest BCUT2D eigenvalue weighted by Crippen LogP contribution is -2.42. The fraction of sp³-hybridized carbons (Fsp3) is 0.538. The predicted molar refractivity (Wildman–Crippen MR) is 76.7 cm³/mol. The van der Waals surface area contributed by atoms with Gasteiger partial charge in [0.1, 0.15) is 5.82 Å². The molecule has 1 aromatic rings. The molecule has 0 aliphatic heterocycles. The van der Waals surface area contributed by atoms with Gasteiger partial charge in [-0.25, -0.2) is 4.98 Å². The minimum atomic E-state index is -0.751. The van der Waals surface area contributed by atoms with Gasteiger partial charge in [-0.2, -0.15) is 0 Å². The van der Waals surface area contributed by atoms with Crippen LogP contribution in [-0.2, 0) is 0 Å². The zero-order valence-corrected chi connectivity index (χ0v) is 12.5. The number of nitrogens with zero attached hydrogens (tertiary/aromatic N) is 2. The first kappa shape index (κ1) is 14.3. The monoisotopic (exact) mass is 327 g/mol. The molecule has 1 aliphatic carbocycles. The van der Waals surface area contributed by atoms with Crippen LogP contribution < -0.4 is 5.73 Å². The molecule has 1 amide bonds. The Morgan fingerprint density at radius 3 is 2.84 bits per heavy atom. The van der Waals surface area contributed by atoms with E-state index < -0.39 is 5.60 Å². The number of likely N-dealkylation sites (N-methyl/N-ethyl adjacent to an activating group) is 1. The molecule has 104 valence electrons. The summed E-state index contributed by atoms with van der Waals surface area (Å²) in [5.41, 5.74) is 5.34. The summed E-state index contributed by atoms with van der Waals surface area (Å²) < 4.78 is 0.707. The van der Waals surface area contributed by atoms with Crippen molar-refractivity contribution in [2.75, 3.05) is 19.3 Å². The zero-order chi connectivity index (χ0) is 14.0. The first-order valence-corrected chi connectivity index (χ1v) is 7.09. The first-order chi connectivity index (χ1) is 8.91. The fourth-order valence-corrected chi connectivity index (χ4v) is 2.86. The van der Waals surface area contributed by atoms with Gasteiger partial charge in [-0.05, 0) is 34.8 Å². The van der Waals surface area contributed by atoms with Crippen LogP contribution in [0.3, 0.4) is 0 Å². The minimum absolute atomic E-state index is 0.207. The average Bonchev–Trinajstić information content (AvgIpc) is 2.78. The van der Waals surface area contributed by atoms with E-state index in [-0.39, 0.29) is 11.7 Å². The van der Waals surface area contributed by atoms with Gasteiger partial charge in [0.2, 0.25) is 0 Å². The van der Waals surface area contributed by atoms with Crippen LogP contribution in [0.5, 0.6) is 0 Å². The van der Waals surface area contributed by atoms with E-state index in [1.807, 2.05) is 0 Å². The van der Waals surface area contributed by atoms with E-state index in [2.05, 4.69) is 20.9 Å². The van der Waals surface area contributed by atoms with Gasteiger partial charge in [0, 0.05) is 24.3 Å². The SMILES string of the molecule is CN(CC1(O)CCCC1)C(=O)c1cc(Br)cnc1N. The number of anilines is 1. The summed E-state index contributed by atoms with van der Waals surface area (Å²) in [5, 5.41) is 10.3. The second-order valence-electron chi connectivity index (χ2n) is 5.18. The summed E-state index contributed by atoms with van der Waals surface area (Å²) in [6, 6.07) is 1.65. The number of pyridine rings is 1. The molecule has 5 nitrogen and oxygen atoms in total. The van der Waals surface area contributed by atoms with Gasteiger partial charge < -0.3 is 15.7 Å². The predicted octanol–water partition coefficient (Wildman–Crippen LogP) is 1.80. The van der Waals surface area contributed by atoms with Crippen LogP contribution in [0.2, 0.25) is 0 Å². The molecule has 1 saturated carbocycles. The van der Waals surface area contributed by atoms with Crippen molar-refractivity contribution in [3.05, 3.63) is 22.3 Å². The number of amides is 1. The van der Waals surface area contributed by atoms with Gasteiger partial charge in [0.05, 0.1) is 11.2 Å². The second-order valence-corrected chi connectivity index (χ2v) is 6.09. The molecule has 1 aromatic heterocycles. The quantitative estimate of drug-likeness (QED) is 0.887. The standard InChI is InChI=1S/C13H18BrN3O2/c1-17(8-13(19)4-2-3-5-13)12(18)10-6-9(14)7-16-11(10)15/h6-7,19H,2-5,8H2,1H3,(H2,15,16). The number of carbonyl (C=O) groups is 1. The number of nitrogens with two attached hydrogens (primary N) is 1. The van der Waals surface area contributed by atoms with E-state index in [0.29, 0.717) is 16.6 Å². The highest BCUT2D eigenvalue weighted by Gasteiger charge is 2.33. The van der Waals surface area contributed by atoms with Crippen molar-refractivity contribution in [2.24, 2.45) is 0 Å². The number of halogens is 1. The Kier molecular flexibility index (Phi) is 4.10. The van der Waals surface area contributed by atoms with Crippen molar-refractivity contribution < 1.29 is 9.90 Å². The lowest BCUT2D eigenvalue weighted by Gasteiger charge is -2.28. The third-order valence-corrected chi connectivity index (χ3v) is 3.96. The lowest BCUT2D eigenvalue weighted by atomic mass is 10.0. The molecule has 0 aromatic carbocycles. The highest BCUT2D eigenvalue weighted by atomic mass is 79.9. The fourth-order valence-electron chi connectivity index (χ4n) is 2.53. The Labute approximate surface area is 120 Å². The van der Waals surface area contributed by atoms with Crippen LogP contribution in [0.25, 0.3) is 0 Å². The van der Waals surface area contributed by atoms with E-state index in [1.54, 1.807) is 19.3 Å². The Morgan fingerprint density at radius 2 is 2.21 bits per heavy atom.